The van der Waals surface area contributed by atoms with Crippen molar-refractivity contribution in [2.24, 2.45) is 0 Å². The summed E-state index contributed by atoms with van der Waals surface area (Å²) in [5, 5.41) is 5.54. The monoisotopic (exact) mass is 375 g/mol. The van der Waals surface area contributed by atoms with Crippen LogP contribution in [0.25, 0.3) is 0 Å². The maximum atomic E-state index is 12.3. The van der Waals surface area contributed by atoms with Gasteiger partial charge >= 0.3 is 0 Å². The molecule has 1 aromatic heterocycles. The molecular weight excluding hydrogens is 362 g/mol. The zero-order valence-corrected chi connectivity index (χ0v) is 14.0. The van der Waals surface area contributed by atoms with E-state index in [-0.39, 0.29) is 11.4 Å². The van der Waals surface area contributed by atoms with Gasteiger partial charge in [-0.1, -0.05) is 6.07 Å². The summed E-state index contributed by atoms with van der Waals surface area (Å²) >= 11 is 4.70. The highest BCUT2D eigenvalue weighted by Gasteiger charge is 2.18. The van der Waals surface area contributed by atoms with Crippen molar-refractivity contribution in [3.05, 3.63) is 44.8 Å². The predicted molar refractivity (Wildman–Crippen MR) is 83.0 cm³/mol. The first-order chi connectivity index (χ1) is 9.53. The third kappa shape index (κ3) is 3.86. The second-order valence-electron chi connectivity index (χ2n) is 4.05. The van der Waals surface area contributed by atoms with E-state index in [4.69, 9.17) is 0 Å². The lowest BCUT2D eigenvalue weighted by Crippen LogP contribution is -2.23. The third-order valence-corrected chi connectivity index (χ3v) is 5.74. The molecule has 0 saturated heterocycles. The van der Waals surface area contributed by atoms with Gasteiger partial charge in [0.15, 0.2) is 0 Å². The molecule has 0 spiro atoms. The number of sulfonamides is 1. The first kappa shape index (κ1) is 15.6. The average Bonchev–Trinajstić information content (AvgIpc) is 2.92. The normalized spacial score (nSPS) is 11.7. The summed E-state index contributed by atoms with van der Waals surface area (Å²) in [6.07, 6.45) is 1.65. The van der Waals surface area contributed by atoms with Gasteiger partial charge in [0.05, 0.1) is 11.4 Å². The van der Waals surface area contributed by atoms with Gasteiger partial charge in [-0.15, -0.1) is 11.3 Å². The number of nitrogens with one attached hydrogen (secondary N) is 2. The molecule has 0 aliphatic carbocycles. The fraction of sp³-hybridized carbons (Fsp3) is 0.250. The molecule has 2 aromatic rings. The summed E-state index contributed by atoms with van der Waals surface area (Å²) in [5.41, 5.74) is 0.908. The van der Waals surface area contributed by atoms with Crippen molar-refractivity contribution < 1.29 is 8.42 Å². The minimum atomic E-state index is -3.57. The standard InChI is InChI=1S/C12H14BrN3O2S2/c1-14-7-9-2-3-10(13)11(6-9)20(17,18)16-8-12-15-4-5-19-12/h2-6,14,16H,7-8H2,1H3. The number of nitrogens with zero attached hydrogens (tertiary/aromatic N) is 1. The molecule has 0 aliphatic heterocycles. The van der Waals surface area contributed by atoms with Crippen LogP contribution in [0.3, 0.4) is 0 Å². The van der Waals surface area contributed by atoms with E-state index in [9.17, 15) is 8.42 Å². The Morgan fingerprint density at radius 1 is 1.35 bits per heavy atom. The van der Waals surface area contributed by atoms with Gasteiger partial charge in [0.1, 0.15) is 5.01 Å². The summed E-state index contributed by atoms with van der Waals surface area (Å²) in [6, 6.07) is 5.27. The van der Waals surface area contributed by atoms with Gasteiger partial charge in [-0.2, -0.15) is 0 Å². The Labute approximate surface area is 130 Å². The molecule has 8 heteroatoms. The van der Waals surface area contributed by atoms with E-state index in [0.717, 1.165) is 10.6 Å². The van der Waals surface area contributed by atoms with Crippen LogP contribution in [-0.2, 0) is 23.1 Å². The fourth-order valence-electron chi connectivity index (χ4n) is 1.64. The molecule has 108 valence electrons. The van der Waals surface area contributed by atoms with Crippen LogP contribution in [0.4, 0.5) is 0 Å². The zero-order valence-electron chi connectivity index (χ0n) is 10.8. The van der Waals surface area contributed by atoms with Crippen molar-refractivity contribution in [1.29, 1.82) is 0 Å². The van der Waals surface area contributed by atoms with Gasteiger partial charge in [0.25, 0.3) is 0 Å². The van der Waals surface area contributed by atoms with Crippen LogP contribution in [0.5, 0.6) is 0 Å². The summed E-state index contributed by atoms with van der Waals surface area (Å²) in [6.45, 7) is 0.810. The smallest absolute Gasteiger partial charge is 0.242 e. The zero-order chi connectivity index (χ0) is 14.6. The van der Waals surface area contributed by atoms with Crippen LogP contribution in [0.15, 0.2) is 39.1 Å². The van der Waals surface area contributed by atoms with Crippen LogP contribution in [0.1, 0.15) is 10.6 Å². The SMILES string of the molecule is CNCc1ccc(Br)c(S(=O)(=O)NCc2nccs2)c1. The van der Waals surface area contributed by atoms with Crippen molar-refractivity contribution >= 4 is 37.3 Å². The Morgan fingerprint density at radius 2 is 2.15 bits per heavy atom. The van der Waals surface area contributed by atoms with Crippen LogP contribution in [-0.4, -0.2) is 20.4 Å². The average molecular weight is 376 g/mol. The van der Waals surface area contributed by atoms with Gasteiger partial charge in [-0.05, 0) is 40.7 Å². The number of halogens is 1. The quantitative estimate of drug-likeness (QED) is 0.810. The van der Waals surface area contributed by atoms with Crippen molar-refractivity contribution in [3.63, 3.8) is 0 Å². The van der Waals surface area contributed by atoms with E-state index in [1.165, 1.54) is 11.3 Å². The fourth-order valence-corrected chi connectivity index (χ4v) is 4.29. The summed E-state index contributed by atoms with van der Waals surface area (Å²) in [5.74, 6) is 0. The second kappa shape index (κ2) is 6.77. The molecule has 2 rings (SSSR count). The maximum Gasteiger partial charge on any atom is 0.242 e. The van der Waals surface area contributed by atoms with Gasteiger partial charge in [0, 0.05) is 22.6 Å². The maximum absolute atomic E-state index is 12.3. The predicted octanol–water partition coefficient (Wildman–Crippen LogP) is 2.10. The van der Waals surface area contributed by atoms with Gasteiger partial charge < -0.3 is 5.32 Å². The highest BCUT2D eigenvalue weighted by molar-refractivity contribution is 9.10. The minimum absolute atomic E-state index is 0.197. The van der Waals surface area contributed by atoms with Crippen molar-refractivity contribution in [1.82, 2.24) is 15.0 Å². The minimum Gasteiger partial charge on any atom is -0.316 e. The van der Waals surface area contributed by atoms with Crippen molar-refractivity contribution in [2.45, 2.75) is 18.0 Å². The lowest BCUT2D eigenvalue weighted by Gasteiger charge is -2.09. The first-order valence-corrected chi connectivity index (χ1v) is 8.99. The molecule has 2 N–H and O–H groups in total. The van der Waals surface area contributed by atoms with Gasteiger partial charge in [0.2, 0.25) is 10.0 Å². The first-order valence-electron chi connectivity index (χ1n) is 5.84. The van der Waals surface area contributed by atoms with E-state index < -0.39 is 10.0 Å². The number of benzene rings is 1. The summed E-state index contributed by atoms with van der Waals surface area (Å²) in [7, 11) is -1.75. The number of thiazole rings is 1. The largest absolute Gasteiger partial charge is 0.316 e. The van der Waals surface area contributed by atoms with E-state index in [0.29, 0.717) is 11.0 Å². The van der Waals surface area contributed by atoms with Crippen LogP contribution < -0.4 is 10.0 Å². The highest BCUT2D eigenvalue weighted by atomic mass is 79.9. The molecule has 0 amide bonds. The van der Waals surface area contributed by atoms with E-state index in [2.05, 4.69) is 31.0 Å². The summed E-state index contributed by atoms with van der Waals surface area (Å²) in [4.78, 5) is 4.29. The number of hydrogen-bond acceptors (Lipinski definition) is 5. The molecule has 1 heterocycles. The van der Waals surface area contributed by atoms with E-state index in [1.54, 1.807) is 18.3 Å². The molecule has 5 nitrogen and oxygen atoms in total. The molecule has 0 atom stereocenters. The molecule has 0 unspecified atom stereocenters. The highest BCUT2D eigenvalue weighted by Crippen LogP contribution is 2.23. The Balaban J connectivity index is 2.21. The van der Waals surface area contributed by atoms with Crippen molar-refractivity contribution in [3.8, 4) is 0 Å². The molecule has 0 saturated carbocycles. The second-order valence-corrected chi connectivity index (χ2v) is 7.61. The van der Waals surface area contributed by atoms with E-state index >= 15 is 0 Å². The molecule has 20 heavy (non-hydrogen) atoms. The van der Waals surface area contributed by atoms with Gasteiger partial charge in [-0.3, -0.25) is 0 Å². The van der Waals surface area contributed by atoms with Gasteiger partial charge in [-0.25, -0.2) is 18.1 Å². The number of hydrogen-bond donors (Lipinski definition) is 2. The molecule has 0 bridgehead atoms. The Kier molecular flexibility index (Phi) is 5.28. The lowest BCUT2D eigenvalue weighted by atomic mass is 10.2. The van der Waals surface area contributed by atoms with Crippen LogP contribution >= 0.6 is 27.3 Å². The van der Waals surface area contributed by atoms with Crippen LogP contribution in [0.2, 0.25) is 0 Å². The topological polar surface area (TPSA) is 71.1 Å². The Bertz CT molecular complexity index is 672. The Morgan fingerprint density at radius 3 is 2.80 bits per heavy atom. The molecule has 0 aliphatic rings. The van der Waals surface area contributed by atoms with Crippen molar-refractivity contribution in [2.75, 3.05) is 7.05 Å². The summed E-state index contributed by atoms with van der Waals surface area (Å²) < 4.78 is 27.7. The Hall–Kier alpha value is -0.800. The number of aromatic nitrogens is 1. The molecular formula is C12H14BrN3O2S2. The molecule has 0 fully saturated rings. The third-order valence-electron chi connectivity index (χ3n) is 2.56. The van der Waals surface area contributed by atoms with E-state index in [1.807, 2.05) is 18.5 Å². The lowest BCUT2D eigenvalue weighted by molar-refractivity contribution is 0.580. The molecule has 1 aromatic carbocycles. The number of rotatable bonds is 6. The van der Waals surface area contributed by atoms with Crippen LogP contribution in [0, 0.1) is 0 Å². The molecule has 0 radical (unpaired) electrons.